The molecule has 4 aromatic rings. The van der Waals surface area contributed by atoms with E-state index >= 15 is 0 Å². The van der Waals surface area contributed by atoms with Crippen molar-refractivity contribution in [1.29, 1.82) is 0 Å². The normalized spacial score (nSPS) is 10.6. The molecule has 3 aromatic carbocycles. The summed E-state index contributed by atoms with van der Waals surface area (Å²) < 4.78 is 7.37. The zero-order chi connectivity index (χ0) is 20.2. The van der Waals surface area contributed by atoms with Crippen molar-refractivity contribution in [3.8, 4) is 11.4 Å². The van der Waals surface area contributed by atoms with E-state index in [-0.39, 0.29) is 12.5 Å². The highest BCUT2D eigenvalue weighted by Crippen LogP contribution is 2.24. The Morgan fingerprint density at radius 1 is 0.966 bits per heavy atom. The first-order chi connectivity index (χ1) is 14.1. The molecule has 4 rings (SSSR count). The molecule has 0 aliphatic carbocycles. The number of hydrogen-bond acceptors (Lipinski definition) is 4. The van der Waals surface area contributed by atoms with Gasteiger partial charge in [-0.2, -0.15) is 0 Å². The van der Waals surface area contributed by atoms with Gasteiger partial charge < -0.3 is 10.5 Å². The van der Waals surface area contributed by atoms with Crippen LogP contribution in [-0.2, 0) is 4.79 Å². The summed E-state index contributed by atoms with van der Waals surface area (Å²) in [6, 6.07) is 23.7. The third-order valence-electron chi connectivity index (χ3n) is 4.31. The van der Waals surface area contributed by atoms with Gasteiger partial charge in [0.15, 0.2) is 6.61 Å². The maximum absolute atomic E-state index is 12.5. The highest BCUT2D eigenvalue weighted by atomic mass is 16.5. The number of nitrogens with two attached hydrogens (primary N) is 1. The molecule has 144 valence electrons. The van der Waals surface area contributed by atoms with E-state index in [1.807, 2.05) is 59.2 Å². The summed E-state index contributed by atoms with van der Waals surface area (Å²) >= 11 is 0. The van der Waals surface area contributed by atoms with Crippen molar-refractivity contribution in [1.82, 2.24) is 9.55 Å². The van der Waals surface area contributed by atoms with Crippen molar-refractivity contribution in [3.63, 3.8) is 0 Å². The number of fused-ring (bicyclic) bond motifs is 1. The monoisotopic (exact) mass is 386 g/mol. The molecule has 0 radical (unpaired) electrons. The number of carbonyl (C=O) groups excluding carboxylic acids is 2. The number of rotatable bonds is 6. The predicted molar refractivity (Wildman–Crippen MR) is 110 cm³/mol. The fourth-order valence-electron chi connectivity index (χ4n) is 3.00. The Bertz CT molecular complexity index is 1190. The van der Waals surface area contributed by atoms with Crippen molar-refractivity contribution in [2.75, 3.05) is 11.9 Å². The first-order valence-corrected chi connectivity index (χ1v) is 8.97. The molecule has 1 heterocycles. The Hall–Kier alpha value is -4.13. The van der Waals surface area contributed by atoms with E-state index in [1.165, 1.54) is 6.07 Å². The lowest BCUT2D eigenvalue weighted by Crippen LogP contribution is -2.22. The van der Waals surface area contributed by atoms with Gasteiger partial charge in [-0.15, -0.1) is 0 Å². The van der Waals surface area contributed by atoms with Gasteiger partial charge >= 0.3 is 0 Å². The van der Waals surface area contributed by atoms with Crippen LogP contribution in [0.3, 0.4) is 0 Å². The molecule has 7 nitrogen and oxygen atoms in total. The van der Waals surface area contributed by atoms with Gasteiger partial charge in [-0.25, -0.2) is 4.98 Å². The van der Waals surface area contributed by atoms with E-state index < -0.39 is 5.91 Å². The van der Waals surface area contributed by atoms with Gasteiger partial charge in [-0.05, 0) is 42.5 Å². The summed E-state index contributed by atoms with van der Waals surface area (Å²) in [5.41, 5.74) is 8.10. The highest BCUT2D eigenvalue weighted by Gasteiger charge is 2.15. The van der Waals surface area contributed by atoms with Crippen LogP contribution in [0, 0.1) is 0 Å². The number of anilines is 1. The molecule has 2 amide bonds. The fraction of sp³-hybridized carbons (Fsp3) is 0.0455. The van der Waals surface area contributed by atoms with Crippen LogP contribution in [-0.4, -0.2) is 28.0 Å². The lowest BCUT2D eigenvalue weighted by molar-refractivity contribution is -0.118. The highest BCUT2D eigenvalue weighted by molar-refractivity contribution is 5.94. The van der Waals surface area contributed by atoms with Gasteiger partial charge in [0.1, 0.15) is 5.75 Å². The van der Waals surface area contributed by atoms with Crippen LogP contribution >= 0.6 is 0 Å². The Balaban J connectivity index is 1.56. The minimum atomic E-state index is -0.559. The van der Waals surface area contributed by atoms with Crippen LogP contribution in [0.15, 0.2) is 78.9 Å². The first-order valence-electron chi connectivity index (χ1n) is 8.97. The quantitative estimate of drug-likeness (QED) is 0.532. The summed E-state index contributed by atoms with van der Waals surface area (Å²) in [6.07, 6.45) is 0. The van der Waals surface area contributed by atoms with E-state index in [9.17, 15) is 9.59 Å². The molecule has 0 atom stereocenters. The molecular weight excluding hydrogens is 368 g/mol. The topological polar surface area (TPSA) is 99.2 Å². The lowest BCUT2D eigenvalue weighted by Gasteiger charge is -2.11. The fourth-order valence-corrected chi connectivity index (χ4v) is 3.00. The number of nitrogens with zero attached hydrogens (tertiary/aromatic N) is 2. The number of hydrogen-bond donors (Lipinski definition) is 2. The lowest BCUT2D eigenvalue weighted by atomic mass is 10.2. The molecule has 0 saturated heterocycles. The van der Waals surface area contributed by atoms with Crippen molar-refractivity contribution in [2.45, 2.75) is 0 Å². The van der Waals surface area contributed by atoms with Gasteiger partial charge in [0.2, 0.25) is 11.9 Å². The zero-order valence-electron chi connectivity index (χ0n) is 15.4. The standard InChI is InChI=1S/C22H18N4O3/c23-21(28)15-7-6-10-17(13-15)29-14-20(27)25-22-24-18-11-4-5-12-19(18)26(22)16-8-2-1-3-9-16/h1-13H,14H2,(H2,23,28)(H,24,25,27). The molecule has 3 N–H and O–H groups in total. The summed E-state index contributed by atoms with van der Waals surface area (Å²) in [5, 5.41) is 2.80. The molecule has 0 aliphatic heterocycles. The van der Waals surface area contributed by atoms with Crippen molar-refractivity contribution < 1.29 is 14.3 Å². The molecule has 0 spiro atoms. The van der Waals surface area contributed by atoms with Crippen LogP contribution in [0.1, 0.15) is 10.4 Å². The van der Waals surface area contributed by atoms with E-state index in [0.29, 0.717) is 17.3 Å². The summed E-state index contributed by atoms with van der Waals surface area (Å²) in [6.45, 7) is -0.236. The predicted octanol–water partition coefficient (Wildman–Crippen LogP) is 3.14. The van der Waals surface area contributed by atoms with Crippen molar-refractivity contribution in [3.05, 3.63) is 84.4 Å². The number of nitrogens with one attached hydrogen (secondary N) is 1. The number of carbonyl (C=O) groups is 2. The van der Waals surface area contributed by atoms with Crippen LogP contribution in [0.4, 0.5) is 5.95 Å². The second-order valence-electron chi connectivity index (χ2n) is 6.32. The molecule has 0 fully saturated rings. The maximum atomic E-state index is 12.5. The third kappa shape index (κ3) is 3.93. The minimum absolute atomic E-state index is 0.236. The SMILES string of the molecule is NC(=O)c1cccc(OCC(=O)Nc2nc3ccccc3n2-c2ccccc2)c1. The van der Waals surface area contributed by atoms with E-state index in [4.69, 9.17) is 10.5 Å². The molecule has 1 aromatic heterocycles. The Morgan fingerprint density at radius 2 is 1.72 bits per heavy atom. The van der Waals surface area contributed by atoms with E-state index in [2.05, 4.69) is 10.3 Å². The van der Waals surface area contributed by atoms with Gasteiger partial charge in [0.25, 0.3) is 5.91 Å². The van der Waals surface area contributed by atoms with Crippen LogP contribution in [0.2, 0.25) is 0 Å². The average molecular weight is 386 g/mol. The Morgan fingerprint density at radius 3 is 2.52 bits per heavy atom. The zero-order valence-corrected chi connectivity index (χ0v) is 15.4. The third-order valence-corrected chi connectivity index (χ3v) is 4.31. The molecule has 29 heavy (non-hydrogen) atoms. The molecule has 7 heteroatoms. The second-order valence-corrected chi connectivity index (χ2v) is 6.32. The molecule has 0 saturated carbocycles. The van der Waals surface area contributed by atoms with Gasteiger partial charge in [0, 0.05) is 11.3 Å². The minimum Gasteiger partial charge on any atom is -0.484 e. The Kier molecular flexibility index (Phi) is 4.94. The second kappa shape index (κ2) is 7.85. The van der Waals surface area contributed by atoms with Gasteiger partial charge in [-0.3, -0.25) is 19.5 Å². The maximum Gasteiger partial charge on any atom is 0.264 e. The van der Waals surface area contributed by atoms with Crippen LogP contribution in [0.5, 0.6) is 5.75 Å². The number of ether oxygens (including phenoxy) is 1. The number of aromatic nitrogens is 2. The van der Waals surface area contributed by atoms with E-state index in [1.54, 1.807) is 18.2 Å². The molecule has 0 bridgehead atoms. The summed E-state index contributed by atoms with van der Waals surface area (Å²) in [4.78, 5) is 28.3. The number of amides is 2. The number of benzene rings is 3. The number of imidazole rings is 1. The van der Waals surface area contributed by atoms with Crippen molar-refractivity contribution >= 4 is 28.8 Å². The van der Waals surface area contributed by atoms with Crippen molar-refractivity contribution in [2.24, 2.45) is 5.73 Å². The van der Waals surface area contributed by atoms with Crippen LogP contribution in [0.25, 0.3) is 16.7 Å². The summed E-state index contributed by atoms with van der Waals surface area (Å²) in [7, 11) is 0. The number of para-hydroxylation sites is 3. The average Bonchev–Trinajstić information content (AvgIpc) is 3.10. The largest absolute Gasteiger partial charge is 0.484 e. The first kappa shape index (κ1) is 18.2. The number of primary amides is 1. The van der Waals surface area contributed by atoms with Gasteiger partial charge in [0.05, 0.1) is 11.0 Å². The smallest absolute Gasteiger partial charge is 0.264 e. The summed E-state index contributed by atoms with van der Waals surface area (Å²) in [5.74, 6) is -0.150. The molecule has 0 aliphatic rings. The molecular formula is C22H18N4O3. The Labute approximate surface area is 166 Å². The molecule has 0 unspecified atom stereocenters. The van der Waals surface area contributed by atoms with Crippen LogP contribution < -0.4 is 15.8 Å². The van der Waals surface area contributed by atoms with Gasteiger partial charge in [-0.1, -0.05) is 36.4 Å². The van der Waals surface area contributed by atoms with E-state index in [0.717, 1.165) is 16.7 Å².